The second-order valence-corrected chi connectivity index (χ2v) is 7.89. The van der Waals surface area contributed by atoms with Gasteiger partial charge in [0.15, 0.2) is 0 Å². The molecule has 1 heterocycles. The molecule has 0 bridgehead atoms. The molecule has 2 unspecified atom stereocenters. The zero-order valence-corrected chi connectivity index (χ0v) is 14.6. The van der Waals surface area contributed by atoms with Crippen LogP contribution in [0.15, 0.2) is 54.6 Å². The number of nitrogens with one attached hydrogen (secondary N) is 1. The molecule has 2 aromatic rings. The van der Waals surface area contributed by atoms with E-state index in [4.69, 9.17) is 10.1 Å². The summed E-state index contributed by atoms with van der Waals surface area (Å²) in [5.74, 6) is 0. The van der Waals surface area contributed by atoms with E-state index in [9.17, 15) is 8.42 Å². The summed E-state index contributed by atoms with van der Waals surface area (Å²) in [7, 11) is -1.87. The van der Waals surface area contributed by atoms with Crippen LogP contribution in [0.3, 0.4) is 0 Å². The average molecular weight is 357 g/mol. The minimum Gasteiger partial charge on any atom is -0.297 e. The molecule has 0 radical (unpaired) electrons. The number of benzene rings is 2. The van der Waals surface area contributed by atoms with Crippen molar-refractivity contribution in [2.75, 3.05) is 13.7 Å². The van der Waals surface area contributed by atoms with Gasteiger partial charge in [0.05, 0.1) is 24.3 Å². The van der Waals surface area contributed by atoms with Gasteiger partial charge < -0.3 is 0 Å². The Morgan fingerprint density at radius 2 is 1.88 bits per heavy atom. The second-order valence-electron chi connectivity index (χ2n) is 5.91. The van der Waals surface area contributed by atoms with Gasteiger partial charge >= 0.3 is 0 Å². The largest absolute Gasteiger partial charge is 0.297 e. The van der Waals surface area contributed by atoms with Gasteiger partial charge in [0, 0.05) is 13.6 Å². The monoisotopic (exact) mass is 357 g/mol. The zero-order chi connectivity index (χ0) is 17.9. The van der Waals surface area contributed by atoms with Crippen molar-refractivity contribution in [2.45, 2.75) is 17.8 Å². The van der Waals surface area contributed by atoms with Crippen molar-refractivity contribution < 1.29 is 13.3 Å². The maximum absolute atomic E-state index is 12.8. The number of nitrogens with zero attached hydrogens (tertiary/aromatic N) is 2. The van der Waals surface area contributed by atoms with Crippen molar-refractivity contribution in [1.82, 2.24) is 9.79 Å². The van der Waals surface area contributed by atoms with Crippen molar-refractivity contribution in [2.24, 2.45) is 0 Å². The molecule has 25 heavy (non-hydrogen) atoms. The Bertz CT molecular complexity index is 861. The molecule has 3 rings (SSSR count). The predicted molar refractivity (Wildman–Crippen MR) is 93.6 cm³/mol. The summed E-state index contributed by atoms with van der Waals surface area (Å²) in [6.45, 7) is 0.328. The molecule has 1 N–H and O–H groups in total. The third kappa shape index (κ3) is 3.89. The summed E-state index contributed by atoms with van der Waals surface area (Å²) >= 11 is 0. The van der Waals surface area contributed by atoms with Gasteiger partial charge in [-0.1, -0.05) is 42.5 Å². The molecule has 7 heteroatoms. The Morgan fingerprint density at radius 1 is 1.20 bits per heavy atom. The van der Waals surface area contributed by atoms with Gasteiger partial charge in [-0.25, -0.2) is 13.1 Å². The molecule has 0 aliphatic carbocycles. The Balaban J connectivity index is 1.80. The first-order valence-corrected chi connectivity index (χ1v) is 9.44. The molecule has 130 valence electrons. The summed E-state index contributed by atoms with van der Waals surface area (Å²) in [4.78, 5) is 5.48. The van der Waals surface area contributed by atoms with Crippen LogP contribution in [0.5, 0.6) is 0 Å². The lowest BCUT2D eigenvalue weighted by atomic mass is 10.0. The molecule has 0 saturated carbocycles. The molecule has 1 saturated heterocycles. The van der Waals surface area contributed by atoms with Gasteiger partial charge in [-0.2, -0.15) is 10.3 Å². The molecule has 0 spiro atoms. The van der Waals surface area contributed by atoms with Gasteiger partial charge in [-0.3, -0.25) is 4.84 Å². The first-order chi connectivity index (χ1) is 12.0. The van der Waals surface area contributed by atoms with Gasteiger partial charge in [0.1, 0.15) is 5.25 Å². The third-order valence-corrected chi connectivity index (χ3v) is 6.02. The summed E-state index contributed by atoms with van der Waals surface area (Å²) in [6.07, 6.45) is 0. The van der Waals surface area contributed by atoms with E-state index in [1.807, 2.05) is 30.3 Å². The number of hydroxylamine groups is 2. The van der Waals surface area contributed by atoms with Crippen molar-refractivity contribution in [1.29, 1.82) is 5.26 Å². The fourth-order valence-electron chi connectivity index (χ4n) is 2.92. The molecule has 0 aromatic heterocycles. The predicted octanol–water partition coefficient (Wildman–Crippen LogP) is 1.96. The Morgan fingerprint density at radius 3 is 2.52 bits per heavy atom. The first kappa shape index (κ1) is 17.6. The highest BCUT2D eigenvalue weighted by Crippen LogP contribution is 2.33. The Kier molecular flexibility index (Phi) is 5.16. The van der Waals surface area contributed by atoms with Crippen molar-refractivity contribution in [3.05, 3.63) is 71.3 Å². The van der Waals surface area contributed by atoms with Crippen LogP contribution in [0.1, 0.15) is 22.7 Å². The fourth-order valence-corrected chi connectivity index (χ4v) is 4.41. The summed E-state index contributed by atoms with van der Waals surface area (Å²) in [6, 6.07) is 17.9. The van der Waals surface area contributed by atoms with E-state index in [2.05, 4.69) is 10.8 Å². The highest BCUT2D eigenvalue weighted by Gasteiger charge is 2.43. The van der Waals surface area contributed by atoms with E-state index >= 15 is 0 Å². The topological polar surface area (TPSA) is 82.4 Å². The number of sulfonamides is 1. The van der Waals surface area contributed by atoms with Gasteiger partial charge in [-0.15, -0.1) is 0 Å². The van der Waals surface area contributed by atoms with E-state index in [1.165, 1.54) is 0 Å². The summed E-state index contributed by atoms with van der Waals surface area (Å²) < 4.78 is 28.3. The maximum Gasteiger partial charge on any atom is 0.219 e. The van der Waals surface area contributed by atoms with Gasteiger partial charge in [0.2, 0.25) is 10.0 Å². The first-order valence-electron chi connectivity index (χ1n) is 7.89. The fraction of sp³-hybridized carbons (Fsp3) is 0.278. The summed E-state index contributed by atoms with van der Waals surface area (Å²) in [5, 5.41) is 9.75. The SMILES string of the molecule is CN1OCC(S(=O)(=O)NCc2ccccc2)C1c1ccc(C#N)cc1. The number of hydrogen-bond donors (Lipinski definition) is 1. The van der Waals surface area contributed by atoms with Crippen LogP contribution < -0.4 is 4.72 Å². The van der Waals surface area contributed by atoms with Gasteiger partial charge in [-0.05, 0) is 23.3 Å². The molecule has 1 aliphatic heterocycles. The second kappa shape index (κ2) is 7.33. The Labute approximate surface area is 147 Å². The third-order valence-electron chi connectivity index (χ3n) is 4.29. The number of hydrogen-bond acceptors (Lipinski definition) is 5. The van der Waals surface area contributed by atoms with Crippen LogP contribution in [-0.4, -0.2) is 32.4 Å². The van der Waals surface area contributed by atoms with E-state index in [0.717, 1.165) is 11.1 Å². The van der Waals surface area contributed by atoms with Crippen LogP contribution in [0, 0.1) is 11.3 Å². The zero-order valence-electron chi connectivity index (χ0n) is 13.8. The van der Waals surface area contributed by atoms with E-state index in [0.29, 0.717) is 5.56 Å². The van der Waals surface area contributed by atoms with Crippen LogP contribution >= 0.6 is 0 Å². The lowest BCUT2D eigenvalue weighted by Gasteiger charge is -2.23. The van der Waals surface area contributed by atoms with Crippen LogP contribution in [0.25, 0.3) is 0 Å². The molecule has 6 nitrogen and oxygen atoms in total. The minimum atomic E-state index is -3.59. The minimum absolute atomic E-state index is 0.0886. The van der Waals surface area contributed by atoms with Crippen molar-refractivity contribution in [3.63, 3.8) is 0 Å². The van der Waals surface area contributed by atoms with E-state index < -0.39 is 21.3 Å². The molecule has 1 fully saturated rings. The highest BCUT2D eigenvalue weighted by molar-refractivity contribution is 7.90. The quantitative estimate of drug-likeness (QED) is 0.885. The normalized spacial score (nSPS) is 21.1. The average Bonchev–Trinajstić information content (AvgIpc) is 3.03. The van der Waals surface area contributed by atoms with Crippen LogP contribution in [0.4, 0.5) is 0 Å². The highest BCUT2D eigenvalue weighted by atomic mass is 32.2. The maximum atomic E-state index is 12.8. The lowest BCUT2D eigenvalue weighted by molar-refractivity contribution is -0.110. The van der Waals surface area contributed by atoms with Crippen molar-refractivity contribution >= 4 is 10.0 Å². The number of rotatable bonds is 5. The molecule has 1 aliphatic rings. The van der Waals surface area contributed by atoms with Crippen LogP contribution in [-0.2, 0) is 21.4 Å². The van der Waals surface area contributed by atoms with E-state index in [-0.39, 0.29) is 13.2 Å². The molecular formula is C18H19N3O3S. The smallest absolute Gasteiger partial charge is 0.219 e. The van der Waals surface area contributed by atoms with Gasteiger partial charge in [0.25, 0.3) is 0 Å². The molecule has 2 aromatic carbocycles. The lowest BCUT2D eigenvalue weighted by Crippen LogP contribution is -2.39. The number of nitriles is 1. The van der Waals surface area contributed by atoms with Crippen LogP contribution in [0.2, 0.25) is 0 Å². The summed E-state index contributed by atoms with van der Waals surface area (Å²) in [5.41, 5.74) is 2.23. The molecule has 0 amide bonds. The molecular weight excluding hydrogens is 338 g/mol. The molecule has 2 atom stereocenters. The van der Waals surface area contributed by atoms with E-state index in [1.54, 1.807) is 36.4 Å². The Hall–Kier alpha value is -2.24. The van der Waals surface area contributed by atoms with Crippen molar-refractivity contribution in [3.8, 4) is 6.07 Å². The standard InChI is InChI=1S/C18H19N3O3S/c1-21-18(16-9-7-14(11-19)8-10-16)17(13-24-21)25(22,23)20-12-15-5-3-2-4-6-15/h2-10,17-18,20H,12-13H2,1H3.